The smallest absolute Gasteiger partial charge is 0.106 e. The van der Waals surface area contributed by atoms with Crippen LogP contribution in [-0.2, 0) is 5.41 Å². The highest BCUT2D eigenvalue weighted by molar-refractivity contribution is 9.10. The molecule has 1 heterocycles. The van der Waals surface area contributed by atoms with Gasteiger partial charge in [0, 0.05) is 5.56 Å². The topological polar surface area (TPSA) is 12.9 Å². The lowest BCUT2D eigenvalue weighted by atomic mass is 9.71. The number of fused-ring (bicyclic) bond motifs is 10. The molecule has 1 nitrogen and oxygen atoms in total. The minimum Gasteiger partial charge on any atom is -0.241 e. The first kappa shape index (κ1) is 14.5. The summed E-state index contributed by atoms with van der Waals surface area (Å²) in [5, 5.41) is 0. The molecule has 2 aliphatic carbocycles. The predicted octanol–water partition coefficient (Wildman–Crippen LogP) is 6.19. The molecule has 6 rings (SSSR count). The Bertz CT molecular complexity index is 1160. The number of hydrogen-bond donors (Lipinski definition) is 0. The van der Waals surface area contributed by atoms with Crippen LogP contribution in [0.25, 0.3) is 22.4 Å². The Morgan fingerprint density at radius 1 is 0.538 bits per heavy atom. The van der Waals surface area contributed by atoms with Crippen molar-refractivity contribution in [3.05, 3.63) is 112 Å². The zero-order valence-electron chi connectivity index (χ0n) is 13.9. The number of hydrogen-bond acceptors (Lipinski definition) is 1. The number of benzene rings is 3. The molecule has 1 aromatic heterocycles. The van der Waals surface area contributed by atoms with Gasteiger partial charge in [-0.2, -0.15) is 0 Å². The van der Waals surface area contributed by atoms with E-state index in [1.807, 2.05) is 0 Å². The third-order valence-electron chi connectivity index (χ3n) is 5.80. The molecule has 0 fully saturated rings. The molecule has 0 saturated heterocycles. The molecule has 4 aromatic rings. The second kappa shape index (κ2) is 4.93. The number of pyridine rings is 1. The third-order valence-corrected chi connectivity index (χ3v) is 6.25. The summed E-state index contributed by atoms with van der Waals surface area (Å²) in [6.07, 6.45) is 0. The molecule has 3 aromatic carbocycles. The normalized spacial score (nSPS) is 14.7. The fourth-order valence-electron chi connectivity index (χ4n) is 4.92. The first-order chi connectivity index (χ1) is 12.8. The van der Waals surface area contributed by atoms with Crippen LogP contribution in [0.1, 0.15) is 22.3 Å². The van der Waals surface area contributed by atoms with Gasteiger partial charge >= 0.3 is 0 Å². The summed E-state index contributed by atoms with van der Waals surface area (Å²) in [5.41, 5.74) is 10.0. The maximum atomic E-state index is 4.88. The van der Waals surface area contributed by atoms with Crippen molar-refractivity contribution >= 4 is 15.9 Å². The highest BCUT2D eigenvalue weighted by Crippen LogP contribution is 2.62. The molecule has 0 radical (unpaired) electrons. The summed E-state index contributed by atoms with van der Waals surface area (Å²) in [5.74, 6) is 0. The summed E-state index contributed by atoms with van der Waals surface area (Å²) in [6.45, 7) is 0. The van der Waals surface area contributed by atoms with Crippen LogP contribution in [0.3, 0.4) is 0 Å². The van der Waals surface area contributed by atoms with Crippen LogP contribution in [-0.4, -0.2) is 4.98 Å². The number of rotatable bonds is 0. The van der Waals surface area contributed by atoms with Crippen LogP contribution in [0, 0.1) is 0 Å². The van der Waals surface area contributed by atoms with Gasteiger partial charge in [0.2, 0.25) is 0 Å². The van der Waals surface area contributed by atoms with Crippen molar-refractivity contribution in [3.8, 4) is 22.4 Å². The summed E-state index contributed by atoms with van der Waals surface area (Å²) in [7, 11) is 0. The van der Waals surface area contributed by atoms with E-state index >= 15 is 0 Å². The van der Waals surface area contributed by atoms with Crippen LogP contribution in [0.2, 0.25) is 0 Å². The van der Waals surface area contributed by atoms with Gasteiger partial charge < -0.3 is 0 Å². The number of halogens is 1. The average Bonchev–Trinajstić information content (AvgIpc) is 3.15. The molecule has 0 atom stereocenters. The first-order valence-electron chi connectivity index (χ1n) is 8.78. The van der Waals surface area contributed by atoms with Gasteiger partial charge in [0.05, 0.1) is 11.1 Å². The van der Waals surface area contributed by atoms with E-state index in [0.717, 1.165) is 10.3 Å². The molecule has 0 saturated carbocycles. The van der Waals surface area contributed by atoms with Crippen LogP contribution < -0.4 is 0 Å². The maximum Gasteiger partial charge on any atom is 0.106 e. The predicted molar refractivity (Wildman–Crippen MR) is 108 cm³/mol. The molecule has 0 unspecified atom stereocenters. The SMILES string of the molecule is Brc1ccc2c(n1)-c1ccccc1C21c2ccccc2-c2ccccc21. The van der Waals surface area contributed by atoms with E-state index in [1.54, 1.807) is 0 Å². The van der Waals surface area contributed by atoms with Gasteiger partial charge in [0.15, 0.2) is 0 Å². The maximum absolute atomic E-state index is 4.88. The summed E-state index contributed by atoms with van der Waals surface area (Å²) >= 11 is 3.57. The summed E-state index contributed by atoms with van der Waals surface area (Å²) in [6, 6.07) is 30.7. The molecule has 0 aliphatic heterocycles. The van der Waals surface area contributed by atoms with Gasteiger partial charge in [-0.15, -0.1) is 0 Å². The lowest BCUT2D eigenvalue weighted by Gasteiger charge is -2.30. The summed E-state index contributed by atoms with van der Waals surface area (Å²) in [4.78, 5) is 4.88. The van der Waals surface area contributed by atoms with Crippen LogP contribution in [0.4, 0.5) is 0 Å². The standard InChI is InChI=1S/C24H14BrN/c25-22-14-13-21-23(26-22)17-9-3-6-12-20(17)24(21)18-10-4-1-7-15(18)16-8-2-5-11-19(16)24/h1-14H. The fraction of sp³-hybridized carbons (Fsp3) is 0.0417. The van der Waals surface area contributed by atoms with Gasteiger partial charge in [0.25, 0.3) is 0 Å². The van der Waals surface area contributed by atoms with Crippen molar-refractivity contribution < 1.29 is 0 Å². The average molecular weight is 396 g/mol. The van der Waals surface area contributed by atoms with E-state index in [-0.39, 0.29) is 5.41 Å². The highest BCUT2D eigenvalue weighted by Gasteiger charge is 2.51. The second-order valence-electron chi connectivity index (χ2n) is 6.92. The molecule has 26 heavy (non-hydrogen) atoms. The lowest BCUT2D eigenvalue weighted by Crippen LogP contribution is -2.25. The molecule has 122 valence electrons. The van der Waals surface area contributed by atoms with Crippen molar-refractivity contribution in [3.63, 3.8) is 0 Å². The minimum absolute atomic E-state index is 0.271. The minimum atomic E-state index is -0.271. The van der Waals surface area contributed by atoms with Gasteiger partial charge in [-0.3, -0.25) is 0 Å². The molecule has 1 spiro atoms. The lowest BCUT2D eigenvalue weighted by molar-refractivity contribution is 0.791. The summed E-state index contributed by atoms with van der Waals surface area (Å²) < 4.78 is 0.877. The van der Waals surface area contributed by atoms with E-state index in [9.17, 15) is 0 Å². The van der Waals surface area contributed by atoms with E-state index in [0.29, 0.717) is 0 Å². The van der Waals surface area contributed by atoms with Crippen molar-refractivity contribution in [1.82, 2.24) is 4.98 Å². The van der Waals surface area contributed by atoms with Crippen molar-refractivity contribution in [1.29, 1.82) is 0 Å². The number of nitrogens with zero attached hydrogens (tertiary/aromatic N) is 1. The number of aromatic nitrogens is 1. The quantitative estimate of drug-likeness (QED) is 0.279. The van der Waals surface area contributed by atoms with Crippen molar-refractivity contribution in [2.45, 2.75) is 5.41 Å². The van der Waals surface area contributed by atoms with Gasteiger partial charge in [-0.1, -0.05) is 78.9 Å². The Labute approximate surface area is 160 Å². The first-order valence-corrected chi connectivity index (χ1v) is 9.57. The molecular weight excluding hydrogens is 382 g/mol. The molecule has 0 amide bonds. The van der Waals surface area contributed by atoms with Gasteiger partial charge in [-0.05, 0) is 55.4 Å². The van der Waals surface area contributed by atoms with E-state index < -0.39 is 0 Å². The zero-order valence-corrected chi connectivity index (χ0v) is 15.5. The second-order valence-corrected chi connectivity index (χ2v) is 7.73. The van der Waals surface area contributed by atoms with Crippen LogP contribution in [0.15, 0.2) is 89.5 Å². The fourth-order valence-corrected chi connectivity index (χ4v) is 5.23. The zero-order chi connectivity index (χ0) is 17.3. The highest BCUT2D eigenvalue weighted by atomic mass is 79.9. The molecular formula is C24H14BrN. The van der Waals surface area contributed by atoms with Gasteiger partial charge in [0.1, 0.15) is 4.60 Å². The molecule has 0 N–H and O–H groups in total. The monoisotopic (exact) mass is 395 g/mol. The molecule has 2 heteroatoms. The van der Waals surface area contributed by atoms with Crippen LogP contribution >= 0.6 is 15.9 Å². The molecule has 2 aliphatic rings. The van der Waals surface area contributed by atoms with Crippen molar-refractivity contribution in [2.24, 2.45) is 0 Å². The van der Waals surface area contributed by atoms with E-state index in [1.165, 1.54) is 38.9 Å². The Morgan fingerprint density at radius 2 is 1.04 bits per heavy atom. The third kappa shape index (κ3) is 1.55. The largest absolute Gasteiger partial charge is 0.241 e. The Hall–Kier alpha value is -2.71. The van der Waals surface area contributed by atoms with Crippen molar-refractivity contribution in [2.75, 3.05) is 0 Å². The molecule has 0 bridgehead atoms. The van der Waals surface area contributed by atoms with Gasteiger partial charge in [-0.25, -0.2) is 4.98 Å². The van der Waals surface area contributed by atoms with E-state index in [4.69, 9.17) is 4.98 Å². The Morgan fingerprint density at radius 3 is 1.65 bits per heavy atom. The van der Waals surface area contributed by atoms with Crippen LogP contribution in [0.5, 0.6) is 0 Å². The Kier molecular flexibility index (Phi) is 2.74. The van der Waals surface area contributed by atoms with E-state index in [2.05, 4.69) is 101 Å². The Balaban J connectivity index is 1.87.